The molecule has 2 N–H and O–H groups in total. The molecule has 2 aromatic rings. The first-order chi connectivity index (χ1) is 10.1. The van der Waals surface area contributed by atoms with Crippen LogP contribution < -0.4 is 10.6 Å². The first kappa shape index (κ1) is 15.5. The lowest BCUT2D eigenvalue weighted by molar-refractivity contribution is -0.114. The number of benzene rings is 1. The Balaban J connectivity index is 2.07. The first-order valence-electron chi connectivity index (χ1n) is 6.21. The summed E-state index contributed by atoms with van der Waals surface area (Å²) in [4.78, 5) is 26.8. The van der Waals surface area contributed by atoms with E-state index in [-0.39, 0.29) is 11.8 Å². The zero-order valence-electron chi connectivity index (χ0n) is 11.7. The number of nitrogens with zero attached hydrogens (tertiary/aromatic N) is 1. The quantitative estimate of drug-likeness (QED) is 0.888. The molecule has 7 heteroatoms. The maximum absolute atomic E-state index is 11.5. The average Bonchev–Trinajstić information content (AvgIpc) is 2.87. The smallest absolute Gasteiger partial charge is 0.236 e. The second kappa shape index (κ2) is 7.24. The number of carbonyl (C=O) groups excluding carboxylic acids is 2. The van der Waals surface area contributed by atoms with Crippen LogP contribution in [0.4, 0.5) is 10.8 Å². The van der Waals surface area contributed by atoms with Gasteiger partial charge < -0.3 is 10.6 Å². The van der Waals surface area contributed by atoms with Crippen molar-refractivity contribution >= 4 is 45.7 Å². The number of thioether (sulfide) groups is 1. The van der Waals surface area contributed by atoms with Crippen LogP contribution in [-0.2, 0) is 9.59 Å². The van der Waals surface area contributed by atoms with Crippen LogP contribution in [0.5, 0.6) is 0 Å². The van der Waals surface area contributed by atoms with Gasteiger partial charge in [0.15, 0.2) is 5.13 Å². The molecule has 0 saturated heterocycles. The highest BCUT2D eigenvalue weighted by Crippen LogP contribution is 2.26. The largest absolute Gasteiger partial charge is 0.326 e. The Labute approximate surface area is 131 Å². The summed E-state index contributed by atoms with van der Waals surface area (Å²) in [7, 11) is 0. The van der Waals surface area contributed by atoms with Crippen molar-refractivity contribution in [2.24, 2.45) is 0 Å². The Kier molecular flexibility index (Phi) is 5.35. The molecule has 2 amide bonds. The van der Waals surface area contributed by atoms with Crippen LogP contribution in [0.2, 0.25) is 0 Å². The maximum Gasteiger partial charge on any atom is 0.236 e. The minimum Gasteiger partial charge on any atom is -0.326 e. The molecule has 0 atom stereocenters. The molecule has 0 fully saturated rings. The first-order valence-corrected chi connectivity index (χ1v) is 8.48. The Hall–Kier alpha value is -1.86. The molecule has 0 aliphatic heterocycles. The van der Waals surface area contributed by atoms with Crippen molar-refractivity contribution in [1.29, 1.82) is 0 Å². The van der Waals surface area contributed by atoms with Gasteiger partial charge in [-0.25, -0.2) is 4.98 Å². The molecule has 1 heterocycles. The second-order valence-corrected chi connectivity index (χ2v) is 6.00. The van der Waals surface area contributed by atoms with Crippen molar-refractivity contribution in [3.63, 3.8) is 0 Å². The summed E-state index contributed by atoms with van der Waals surface area (Å²) in [6.07, 6.45) is 1.88. The summed E-state index contributed by atoms with van der Waals surface area (Å²) in [5, 5.41) is 7.96. The van der Waals surface area contributed by atoms with E-state index in [1.807, 2.05) is 35.9 Å². The van der Waals surface area contributed by atoms with Gasteiger partial charge in [0.1, 0.15) is 0 Å². The van der Waals surface area contributed by atoms with Gasteiger partial charge in [0, 0.05) is 23.6 Å². The van der Waals surface area contributed by atoms with Crippen LogP contribution in [-0.4, -0.2) is 28.8 Å². The van der Waals surface area contributed by atoms with Crippen molar-refractivity contribution in [3.05, 3.63) is 29.6 Å². The average molecular weight is 321 g/mol. The Morgan fingerprint density at radius 1 is 1.24 bits per heavy atom. The van der Waals surface area contributed by atoms with Crippen LogP contribution in [0.3, 0.4) is 0 Å². The molecular weight excluding hydrogens is 306 g/mol. The molecule has 21 heavy (non-hydrogen) atoms. The van der Waals surface area contributed by atoms with Gasteiger partial charge in [-0.15, -0.1) is 11.3 Å². The van der Waals surface area contributed by atoms with Gasteiger partial charge >= 0.3 is 0 Å². The zero-order valence-corrected chi connectivity index (χ0v) is 13.3. The number of nitrogens with one attached hydrogen (secondary N) is 2. The molecule has 0 aliphatic carbocycles. The van der Waals surface area contributed by atoms with E-state index in [1.54, 1.807) is 0 Å². The Morgan fingerprint density at radius 2 is 1.95 bits per heavy atom. The van der Waals surface area contributed by atoms with E-state index in [4.69, 9.17) is 0 Å². The predicted molar refractivity (Wildman–Crippen MR) is 88.9 cm³/mol. The third kappa shape index (κ3) is 4.57. The number of rotatable bonds is 5. The fraction of sp³-hybridized carbons (Fsp3) is 0.214. The summed E-state index contributed by atoms with van der Waals surface area (Å²) in [5.41, 5.74) is 2.48. The van der Waals surface area contributed by atoms with Gasteiger partial charge in [0.2, 0.25) is 11.8 Å². The summed E-state index contributed by atoms with van der Waals surface area (Å²) in [6.45, 7) is 1.47. The molecule has 0 saturated carbocycles. The molecule has 0 unspecified atom stereocenters. The molecule has 1 aromatic heterocycles. The molecule has 110 valence electrons. The minimum atomic E-state index is -0.102. The lowest BCUT2D eigenvalue weighted by Crippen LogP contribution is -2.13. The fourth-order valence-electron chi connectivity index (χ4n) is 1.68. The molecule has 5 nitrogen and oxygen atoms in total. The van der Waals surface area contributed by atoms with Gasteiger partial charge in [-0.2, -0.15) is 11.8 Å². The highest BCUT2D eigenvalue weighted by molar-refractivity contribution is 7.99. The molecule has 0 spiro atoms. The number of aromatic nitrogens is 1. The lowest BCUT2D eigenvalue weighted by Gasteiger charge is -2.02. The number of hydrogen-bond acceptors (Lipinski definition) is 5. The van der Waals surface area contributed by atoms with Crippen LogP contribution in [0, 0.1) is 0 Å². The molecule has 2 rings (SSSR count). The highest BCUT2D eigenvalue weighted by atomic mass is 32.2. The highest BCUT2D eigenvalue weighted by Gasteiger charge is 2.07. The van der Waals surface area contributed by atoms with Crippen molar-refractivity contribution < 1.29 is 9.59 Å². The SMILES string of the molecule is CSCC(=O)Nc1nc(-c2ccc(NC(C)=O)cc2)cs1. The van der Waals surface area contributed by atoms with Crippen LogP contribution in [0.1, 0.15) is 6.92 Å². The number of amides is 2. The van der Waals surface area contributed by atoms with E-state index in [0.29, 0.717) is 10.9 Å². The van der Waals surface area contributed by atoms with E-state index in [9.17, 15) is 9.59 Å². The number of anilines is 2. The lowest BCUT2D eigenvalue weighted by atomic mass is 10.1. The Morgan fingerprint density at radius 3 is 2.57 bits per heavy atom. The second-order valence-electron chi connectivity index (χ2n) is 4.28. The summed E-state index contributed by atoms with van der Waals surface area (Å²) in [6, 6.07) is 7.41. The third-order valence-corrected chi connectivity index (χ3v) is 3.84. The van der Waals surface area contributed by atoms with Gasteiger partial charge in [-0.3, -0.25) is 9.59 Å². The van der Waals surface area contributed by atoms with Crippen molar-refractivity contribution in [2.45, 2.75) is 6.92 Å². The van der Waals surface area contributed by atoms with Crippen LogP contribution in [0.25, 0.3) is 11.3 Å². The number of hydrogen-bond donors (Lipinski definition) is 2. The van der Waals surface area contributed by atoms with E-state index in [1.165, 1.54) is 30.0 Å². The number of thiazole rings is 1. The molecule has 1 aromatic carbocycles. The van der Waals surface area contributed by atoms with E-state index in [0.717, 1.165) is 16.9 Å². The van der Waals surface area contributed by atoms with E-state index < -0.39 is 0 Å². The van der Waals surface area contributed by atoms with Gasteiger partial charge in [0.25, 0.3) is 0 Å². The summed E-state index contributed by atoms with van der Waals surface area (Å²) < 4.78 is 0. The fourth-order valence-corrected chi connectivity index (χ4v) is 2.75. The molecule has 0 aliphatic rings. The third-order valence-electron chi connectivity index (χ3n) is 2.53. The normalized spacial score (nSPS) is 10.2. The van der Waals surface area contributed by atoms with Crippen molar-refractivity contribution in [2.75, 3.05) is 22.6 Å². The zero-order chi connectivity index (χ0) is 15.2. The molecule has 0 bridgehead atoms. The van der Waals surface area contributed by atoms with Crippen LogP contribution in [0.15, 0.2) is 29.6 Å². The standard InChI is InChI=1S/C14H15N3O2S2/c1-9(18)15-11-5-3-10(4-6-11)12-7-21-14(16-12)17-13(19)8-20-2/h3-7H,8H2,1-2H3,(H,15,18)(H,16,17,19). The van der Waals surface area contributed by atoms with Crippen LogP contribution >= 0.6 is 23.1 Å². The van der Waals surface area contributed by atoms with Crippen molar-refractivity contribution in [3.8, 4) is 11.3 Å². The number of carbonyl (C=O) groups is 2. The molecule has 0 radical (unpaired) electrons. The van der Waals surface area contributed by atoms with E-state index >= 15 is 0 Å². The van der Waals surface area contributed by atoms with Gasteiger partial charge in [-0.05, 0) is 18.4 Å². The molecular formula is C14H15N3O2S2. The topological polar surface area (TPSA) is 71.1 Å². The summed E-state index contributed by atoms with van der Waals surface area (Å²) >= 11 is 2.86. The predicted octanol–water partition coefficient (Wildman–Crippen LogP) is 3.07. The van der Waals surface area contributed by atoms with Gasteiger partial charge in [0.05, 0.1) is 11.4 Å². The monoisotopic (exact) mass is 321 g/mol. The van der Waals surface area contributed by atoms with Crippen molar-refractivity contribution in [1.82, 2.24) is 4.98 Å². The maximum atomic E-state index is 11.5. The summed E-state index contributed by atoms with van der Waals surface area (Å²) in [5.74, 6) is 0.264. The van der Waals surface area contributed by atoms with Gasteiger partial charge in [-0.1, -0.05) is 12.1 Å². The minimum absolute atomic E-state index is 0.0515. The van der Waals surface area contributed by atoms with E-state index in [2.05, 4.69) is 15.6 Å². The Bertz CT molecular complexity index is 638.